The topological polar surface area (TPSA) is 42.2 Å². The van der Waals surface area contributed by atoms with Gasteiger partial charge < -0.3 is 9.47 Å². The Morgan fingerprint density at radius 2 is 1.95 bits per heavy atom. The van der Waals surface area contributed by atoms with Crippen LogP contribution in [0.25, 0.3) is 0 Å². The number of nitriles is 1. The fourth-order valence-corrected chi connectivity index (χ4v) is 2.33. The van der Waals surface area contributed by atoms with E-state index in [1.165, 1.54) is 24.3 Å². The lowest BCUT2D eigenvalue weighted by molar-refractivity contribution is 0.266. The van der Waals surface area contributed by atoms with E-state index in [0.717, 1.165) is 0 Å². The van der Waals surface area contributed by atoms with Crippen molar-refractivity contribution < 1.29 is 13.9 Å². The predicted molar refractivity (Wildman–Crippen MR) is 83.1 cm³/mol. The molecular formula is C16H12Cl2FNO2. The summed E-state index contributed by atoms with van der Waals surface area (Å²) in [6.45, 7) is 2.07. The van der Waals surface area contributed by atoms with Gasteiger partial charge in [-0.25, -0.2) is 4.39 Å². The Bertz CT molecular complexity index is 709. The molecule has 6 heteroatoms. The zero-order valence-corrected chi connectivity index (χ0v) is 13.2. The molecule has 0 radical (unpaired) electrons. The molecule has 0 amide bonds. The minimum absolute atomic E-state index is 0.1000. The highest BCUT2D eigenvalue weighted by Crippen LogP contribution is 2.37. The smallest absolute Gasteiger partial charge is 0.180 e. The molecule has 2 aromatic carbocycles. The Labute approximate surface area is 137 Å². The van der Waals surface area contributed by atoms with Crippen LogP contribution in [-0.2, 0) is 6.61 Å². The third-order valence-electron chi connectivity index (χ3n) is 2.86. The summed E-state index contributed by atoms with van der Waals surface area (Å²) in [5.74, 6) is 0.121. The molecule has 0 aliphatic heterocycles. The Kier molecular flexibility index (Phi) is 5.48. The monoisotopic (exact) mass is 339 g/mol. The van der Waals surface area contributed by atoms with E-state index in [0.29, 0.717) is 17.9 Å². The third kappa shape index (κ3) is 3.62. The van der Waals surface area contributed by atoms with Gasteiger partial charge in [0.1, 0.15) is 12.4 Å². The average molecular weight is 340 g/mol. The molecule has 0 aliphatic rings. The summed E-state index contributed by atoms with van der Waals surface area (Å²) in [4.78, 5) is 0. The molecule has 0 fully saturated rings. The number of nitrogens with zero attached hydrogens (tertiary/aromatic N) is 1. The van der Waals surface area contributed by atoms with Gasteiger partial charge in [0.2, 0.25) is 0 Å². The van der Waals surface area contributed by atoms with Crippen LogP contribution in [0.5, 0.6) is 11.5 Å². The van der Waals surface area contributed by atoms with Crippen LogP contribution in [0.2, 0.25) is 10.0 Å². The minimum atomic E-state index is -0.463. The molecular weight excluding hydrogens is 328 g/mol. The van der Waals surface area contributed by atoms with Gasteiger partial charge >= 0.3 is 0 Å². The zero-order valence-electron chi connectivity index (χ0n) is 11.7. The lowest BCUT2D eigenvalue weighted by Crippen LogP contribution is -2.03. The first-order chi connectivity index (χ1) is 10.6. The zero-order chi connectivity index (χ0) is 16.1. The van der Waals surface area contributed by atoms with Gasteiger partial charge in [-0.15, -0.1) is 0 Å². The van der Waals surface area contributed by atoms with Gasteiger partial charge in [0, 0.05) is 11.6 Å². The maximum absolute atomic E-state index is 13.7. The molecule has 22 heavy (non-hydrogen) atoms. The highest BCUT2D eigenvalue weighted by Gasteiger charge is 2.15. The summed E-state index contributed by atoms with van der Waals surface area (Å²) in [6, 6.07) is 9.36. The van der Waals surface area contributed by atoms with Crippen molar-refractivity contribution in [1.29, 1.82) is 5.26 Å². The van der Waals surface area contributed by atoms with Gasteiger partial charge in [-0.2, -0.15) is 5.26 Å². The standard InChI is InChI=1S/C16H12Cl2FNO2/c1-2-21-15-7-10(8-20)6-13(18)16(15)22-9-11-12(17)4-3-5-14(11)19/h3-7H,2,9H2,1H3. The van der Waals surface area contributed by atoms with Crippen LogP contribution in [0.4, 0.5) is 4.39 Å². The van der Waals surface area contributed by atoms with E-state index in [9.17, 15) is 4.39 Å². The molecule has 0 heterocycles. The van der Waals surface area contributed by atoms with Crippen molar-refractivity contribution in [2.75, 3.05) is 6.61 Å². The van der Waals surface area contributed by atoms with Crippen LogP contribution in [-0.4, -0.2) is 6.61 Å². The summed E-state index contributed by atoms with van der Waals surface area (Å²) >= 11 is 12.1. The van der Waals surface area contributed by atoms with Crippen LogP contribution in [0.15, 0.2) is 30.3 Å². The summed E-state index contributed by atoms with van der Waals surface area (Å²) in [5, 5.41) is 9.44. The summed E-state index contributed by atoms with van der Waals surface area (Å²) in [6.07, 6.45) is 0. The number of hydrogen-bond acceptors (Lipinski definition) is 3. The van der Waals surface area contributed by atoms with Crippen molar-refractivity contribution in [1.82, 2.24) is 0 Å². The number of halogens is 3. The molecule has 0 N–H and O–H groups in total. The second-order valence-electron chi connectivity index (χ2n) is 4.32. The Hall–Kier alpha value is -1.96. The van der Waals surface area contributed by atoms with Crippen LogP contribution in [0.3, 0.4) is 0 Å². The molecule has 2 aromatic rings. The predicted octanol–water partition coefficient (Wildman–Crippen LogP) is 4.98. The molecule has 0 unspecified atom stereocenters. The molecule has 2 rings (SSSR count). The van der Waals surface area contributed by atoms with Crippen LogP contribution in [0, 0.1) is 17.1 Å². The maximum atomic E-state index is 13.7. The van der Waals surface area contributed by atoms with Crippen molar-refractivity contribution >= 4 is 23.2 Å². The molecule has 0 spiro atoms. The van der Waals surface area contributed by atoms with Gasteiger partial charge in [-0.3, -0.25) is 0 Å². The van der Waals surface area contributed by atoms with E-state index in [1.54, 1.807) is 13.0 Å². The number of hydrogen-bond donors (Lipinski definition) is 0. The van der Waals surface area contributed by atoms with Crippen molar-refractivity contribution in [3.05, 3.63) is 57.3 Å². The average Bonchev–Trinajstić information content (AvgIpc) is 2.48. The molecule has 114 valence electrons. The second-order valence-corrected chi connectivity index (χ2v) is 5.13. The van der Waals surface area contributed by atoms with Gasteiger partial charge in [0.15, 0.2) is 11.5 Å². The Morgan fingerprint density at radius 3 is 2.59 bits per heavy atom. The molecule has 0 aliphatic carbocycles. The molecule has 3 nitrogen and oxygen atoms in total. The van der Waals surface area contributed by atoms with Gasteiger partial charge in [-0.05, 0) is 25.1 Å². The maximum Gasteiger partial charge on any atom is 0.180 e. The van der Waals surface area contributed by atoms with E-state index in [2.05, 4.69) is 0 Å². The van der Waals surface area contributed by atoms with Gasteiger partial charge in [0.05, 0.1) is 28.3 Å². The van der Waals surface area contributed by atoms with Crippen molar-refractivity contribution in [2.24, 2.45) is 0 Å². The van der Waals surface area contributed by atoms with E-state index >= 15 is 0 Å². The van der Waals surface area contributed by atoms with Crippen LogP contribution < -0.4 is 9.47 Å². The van der Waals surface area contributed by atoms with Crippen molar-refractivity contribution in [3.8, 4) is 17.6 Å². The summed E-state index contributed by atoms with van der Waals surface area (Å²) in [7, 11) is 0. The quantitative estimate of drug-likeness (QED) is 0.771. The van der Waals surface area contributed by atoms with Gasteiger partial charge in [-0.1, -0.05) is 29.3 Å². The molecule has 0 atom stereocenters. The van der Waals surface area contributed by atoms with E-state index in [1.807, 2.05) is 6.07 Å². The van der Waals surface area contributed by atoms with Crippen molar-refractivity contribution in [2.45, 2.75) is 13.5 Å². The molecule has 0 aromatic heterocycles. The molecule has 0 saturated heterocycles. The number of ether oxygens (including phenoxy) is 2. The Morgan fingerprint density at radius 1 is 1.18 bits per heavy atom. The first-order valence-electron chi connectivity index (χ1n) is 6.49. The van der Waals surface area contributed by atoms with E-state index < -0.39 is 5.82 Å². The fraction of sp³-hybridized carbons (Fsp3) is 0.188. The lowest BCUT2D eigenvalue weighted by atomic mass is 10.2. The van der Waals surface area contributed by atoms with E-state index in [4.69, 9.17) is 37.9 Å². The molecule has 0 saturated carbocycles. The molecule has 0 bridgehead atoms. The summed E-state index contributed by atoms with van der Waals surface area (Å²) < 4.78 is 24.7. The highest BCUT2D eigenvalue weighted by atomic mass is 35.5. The van der Waals surface area contributed by atoms with E-state index in [-0.39, 0.29) is 28.0 Å². The largest absolute Gasteiger partial charge is 0.490 e. The van der Waals surface area contributed by atoms with Crippen LogP contribution in [0.1, 0.15) is 18.1 Å². The number of benzene rings is 2. The second kappa shape index (κ2) is 7.35. The first-order valence-corrected chi connectivity index (χ1v) is 7.24. The summed E-state index contributed by atoms with van der Waals surface area (Å²) in [5.41, 5.74) is 0.580. The SMILES string of the molecule is CCOc1cc(C#N)cc(Cl)c1OCc1c(F)cccc1Cl. The van der Waals surface area contributed by atoms with Crippen LogP contribution >= 0.6 is 23.2 Å². The number of rotatable bonds is 5. The van der Waals surface area contributed by atoms with Crippen molar-refractivity contribution in [3.63, 3.8) is 0 Å². The van der Waals surface area contributed by atoms with Gasteiger partial charge in [0.25, 0.3) is 0 Å². The lowest BCUT2D eigenvalue weighted by Gasteiger charge is -2.14. The highest BCUT2D eigenvalue weighted by molar-refractivity contribution is 6.32. The third-order valence-corrected chi connectivity index (χ3v) is 3.50. The fourth-order valence-electron chi connectivity index (χ4n) is 1.85. The normalized spacial score (nSPS) is 10.1. The Balaban J connectivity index is 2.31. The minimum Gasteiger partial charge on any atom is -0.490 e. The first kappa shape index (κ1) is 16.4.